The minimum Gasteiger partial charge on any atom is -0.464 e. The number of esters is 1. The highest BCUT2D eigenvalue weighted by molar-refractivity contribution is 7.17. The molecule has 0 fully saturated rings. The average Bonchev–Trinajstić information content (AvgIpc) is 2.82. The first-order valence-corrected chi connectivity index (χ1v) is 6.92. The quantitative estimate of drug-likeness (QED) is 0.636. The summed E-state index contributed by atoms with van der Waals surface area (Å²) in [5, 5.41) is 1.03. The van der Waals surface area contributed by atoms with Crippen LogP contribution in [0.5, 0.6) is 0 Å². The molecule has 0 amide bonds. The second-order valence-corrected chi connectivity index (χ2v) is 5.57. The summed E-state index contributed by atoms with van der Waals surface area (Å²) in [6.07, 6.45) is 1.41. The van der Waals surface area contributed by atoms with Gasteiger partial charge in [-0.05, 0) is 6.07 Å². The molecule has 0 aliphatic rings. The lowest BCUT2D eigenvalue weighted by Crippen LogP contribution is -2.06. The van der Waals surface area contributed by atoms with Crippen LogP contribution in [0.4, 0.5) is 0 Å². The van der Waals surface area contributed by atoms with Gasteiger partial charge in [-0.3, -0.25) is 9.78 Å². The minimum absolute atomic E-state index is 0.0344. The summed E-state index contributed by atoms with van der Waals surface area (Å²) in [6, 6.07) is 1.51. The fraction of sp³-hybridized carbons (Fsp3) is 0.167. The summed E-state index contributed by atoms with van der Waals surface area (Å²) in [5.41, 5.74) is 0.325. The lowest BCUT2D eigenvalue weighted by atomic mass is 10.3. The van der Waals surface area contributed by atoms with Crippen molar-refractivity contribution in [3.05, 3.63) is 32.9 Å². The Morgan fingerprint density at radius 2 is 2.05 bits per heavy atom. The predicted octanol–water partition coefficient (Wildman–Crippen LogP) is 3.50. The summed E-state index contributed by atoms with van der Waals surface area (Å²) >= 11 is 12.8. The lowest BCUT2D eigenvalue weighted by molar-refractivity contribution is 0.0591. The van der Waals surface area contributed by atoms with Crippen LogP contribution in [0.1, 0.15) is 27.1 Å². The van der Waals surface area contributed by atoms with E-state index in [-0.39, 0.29) is 21.4 Å². The zero-order valence-electron chi connectivity index (χ0n) is 10.4. The van der Waals surface area contributed by atoms with Gasteiger partial charge < -0.3 is 4.74 Å². The number of carbonyl (C=O) groups excluding carboxylic acids is 2. The summed E-state index contributed by atoms with van der Waals surface area (Å²) in [7, 11) is 1.22. The molecular formula is C12H8Cl2N2O3S. The molecule has 0 saturated heterocycles. The molecule has 0 aromatic carbocycles. The van der Waals surface area contributed by atoms with E-state index in [1.807, 2.05) is 0 Å². The van der Waals surface area contributed by atoms with Gasteiger partial charge in [0.2, 0.25) is 0 Å². The molecule has 0 aliphatic carbocycles. The van der Waals surface area contributed by atoms with Crippen molar-refractivity contribution < 1.29 is 14.3 Å². The first-order chi connectivity index (χ1) is 9.43. The van der Waals surface area contributed by atoms with Crippen LogP contribution in [-0.4, -0.2) is 28.8 Å². The number of aromatic nitrogens is 2. The van der Waals surface area contributed by atoms with E-state index < -0.39 is 5.97 Å². The maximum Gasteiger partial charge on any atom is 0.358 e. The number of Topliss-reactive ketones (excluding diaryl/α,β-unsaturated/α-hetero) is 1. The van der Waals surface area contributed by atoms with Crippen molar-refractivity contribution in [3.63, 3.8) is 0 Å². The molecule has 2 heterocycles. The smallest absolute Gasteiger partial charge is 0.358 e. The molecule has 2 rings (SSSR count). The summed E-state index contributed by atoms with van der Waals surface area (Å²) in [5.74, 6) is -0.956. The highest BCUT2D eigenvalue weighted by Gasteiger charge is 2.23. The molecule has 0 N–H and O–H groups in total. The molecule has 0 bridgehead atoms. The third-order valence-corrected chi connectivity index (χ3v) is 3.99. The fourth-order valence-electron chi connectivity index (χ4n) is 1.47. The molecule has 5 nitrogen and oxygen atoms in total. The number of nitrogens with zero attached hydrogens (tertiary/aromatic N) is 2. The van der Waals surface area contributed by atoms with E-state index in [0.29, 0.717) is 15.7 Å². The zero-order chi connectivity index (χ0) is 14.9. The molecule has 0 radical (unpaired) electrons. The van der Waals surface area contributed by atoms with Crippen LogP contribution < -0.4 is 0 Å². The highest BCUT2D eigenvalue weighted by Crippen LogP contribution is 2.33. The number of rotatable bonds is 3. The van der Waals surface area contributed by atoms with Crippen LogP contribution in [0.25, 0.3) is 10.7 Å². The zero-order valence-corrected chi connectivity index (χ0v) is 12.8. The maximum atomic E-state index is 11.6. The number of ether oxygens (including phenoxy) is 1. The first-order valence-electron chi connectivity index (χ1n) is 5.35. The Kier molecular flexibility index (Phi) is 4.37. The van der Waals surface area contributed by atoms with E-state index in [0.717, 1.165) is 11.3 Å². The fourth-order valence-corrected chi connectivity index (χ4v) is 2.95. The maximum absolute atomic E-state index is 11.6. The van der Waals surface area contributed by atoms with Gasteiger partial charge in [0.05, 0.1) is 17.2 Å². The molecule has 0 aliphatic heterocycles. The van der Waals surface area contributed by atoms with Crippen molar-refractivity contribution in [1.82, 2.24) is 9.97 Å². The van der Waals surface area contributed by atoms with E-state index in [2.05, 4.69) is 14.7 Å². The Morgan fingerprint density at radius 1 is 1.35 bits per heavy atom. The van der Waals surface area contributed by atoms with Gasteiger partial charge in [0, 0.05) is 13.1 Å². The number of thiazole rings is 1. The van der Waals surface area contributed by atoms with Crippen molar-refractivity contribution in [2.24, 2.45) is 0 Å². The number of ketones is 1. The Balaban J connectivity index is 2.58. The van der Waals surface area contributed by atoms with E-state index in [1.165, 1.54) is 26.3 Å². The van der Waals surface area contributed by atoms with Crippen LogP contribution in [0.3, 0.4) is 0 Å². The number of methoxy groups -OCH3 is 1. The predicted molar refractivity (Wildman–Crippen MR) is 76.7 cm³/mol. The van der Waals surface area contributed by atoms with E-state index in [9.17, 15) is 9.59 Å². The number of halogens is 2. The molecule has 0 spiro atoms. The Labute approximate surface area is 128 Å². The van der Waals surface area contributed by atoms with Gasteiger partial charge in [0.15, 0.2) is 11.5 Å². The highest BCUT2D eigenvalue weighted by atomic mass is 35.5. The van der Waals surface area contributed by atoms with Gasteiger partial charge in [-0.25, -0.2) is 9.78 Å². The van der Waals surface area contributed by atoms with Crippen molar-refractivity contribution in [2.75, 3.05) is 7.11 Å². The molecule has 8 heteroatoms. The molecule has 2 aromatic rings. The number of carbonyl (C=O) groups is 2. The molecule has 0 unspecified atom stereocenters. The van der Waals surface area contributed by atoms with Crippen LogP contribution in [-0.2, 0) is 4.74 Å². The van der Waals surface area contributed by atoms with Crippen LogP contribution in [0.15, 0.2) is 12.3 Å². The molecule has 104 valence electrons. The lowest BCUT2D eigenvalue weighted by Gasteiger charge is -1.99. The minimum atomic E-state index is -0.678. The molecular weight excluding hydrogens is 323 g/mol. The number of pyridine rings is 1. The Bertz CT molecular complexity index is 700. The average molecular weight is 331 g/mol. The van der Waals surface area contributed by atoms with E-state index in [1.54, 1.807) is 0 Å². The second kappa shape index (κ2) is 5.87. The largest absolute Gasteiger partial charge is 0.464 e. The van der Waals surface area contributed by atoms with Gasteiger partial charge >= 0.3 is 5.97 Å². The van der Waals surface area contributed by atoms with Crippen LogP contribution >= 0.6 is 34.5 Å². The van der Waals surface area contributed by atoms with Gasteiger partial charge in [-0.2, -0.15) is 0 Å². The van der Waals surface area contributed by atoms with Gasteiger partial charge in [0.1, 0.15) is 15.6 Å². The Morgan fingerprint density at radius 3 is 2.60 bits per heavy atom. The SMILES string of the molecule is COC(=O)c1nc(-c2ncc(Cl)cc2Cl)sc1C(C)=O. The number of hydrogen-bond donors (Lipinski definition) is 0. The van der Waals surface area contributed by atoms with Crippen LogP contribution in [0, 0.1) is 0 Å². The summed E-state index contributed by atoms with van der Waals surface area (Å²) in [6.45, 7) is 1.35. The van der Waals surface area contributed by atoms with E-state index in [4.69, 9.17) is 23.2 Å². The summed E-state index contributed by atoms with van der Waals surface area (Å²) < 4.78 is 4.60. The molecule has 2 aromatic heterocycles. The standard InChI is InChI=1S/C12H8Cl2N2O3S/c1-5(17)10-9(12(18)19-2)16-11(20-10)8-7(14)3-6(13)4-15-8/h3-4H,1-2H3. The van der Waals surface area contributed by atoms with Crippen molar-refractivity contribution in [3.8, 4) is 10.7 Å². The second-order valence-electron chi connectivity index (χ2n) is 3.73. The van der Waals surface area contributed by atoms with Gasteiger partial charge in [0.25, 0.3) is 0 Å². The third-order valence-electron chi connectivity index (χ3n) is 2.34. The van der Waals surface area contributed by atoms with Crippen LogP contribution in [0.2, 0.25) is 10.0 Å². The normalized spacial score (nSPS) is 10.4. The Hall–Kier alpha value is -1.50. The monoisotopic (exact) mass is 330 g/mol. The molecule has 0 saturated carbocycles. The molecule has 0 atom stereocenters. The molecule has 20 heavy (non-hydrogen) atoms. The first kappa shape index (κ1) is 14.9. The van der Waals surface area contributed by atoms with Crippen molar-refractivity contribution in [2.45, 2.75) is 6.92 Å². The van der Waals surface area contributed by atoms with E-state index >= 15 is 0 Å². The van der Waals surface area contributed by atoms with Gasteiger partial charge in [-0.15, -0.1) is 11.3 Å². The topological polar surface area (TPSA) is 69.2 Å². The number of hydrogen-bond acceptors (Lipinski definition) is 6. The third kappa shape index (κ3) is 2.82. The van der Waals surface area contributed by atoms with Crippen molar-refractivity contribution >= 4 is 46.3 Å². The van der Waals surface area contributed by atoms with Gasteiger partial charge in [-0.1, -0.05) is 23.2 Å². The summed E-state index contributed by atoms with van der Waals surface area (Å²) in [4.78, 5) is 31.5. The van der Waals surface area contributed by atoms with Crippen molar-refractivity contribution in [1.29, 1.82) is 0 Å².